The van der Waals surface area contributed by atoms with Crippen molar-refractivity contribution >= 4 is 56.7 Å². The zero-order chi connectivity index (χ0) is 22.9. The second kappa shape index (κ2) is 9.52. The first-order valence-corrected chi connectivity index (χ1v) is 14.2. The average Bonchev–Trinajstić information content (AvgIpc) is 3.66. The standard InChI is InChI=1S/C24H20O4S5/c1-25-13-5-9-29-19(13)17-18(20-14(26-2)6-10-30-20)24(22-16(28-4)8-12-32-22)33-23(17)21-15(27-3)7-11-31-21/h5-12H,1-4H3. The van der Waals surface area contributed by atoms with Crippen LogP contribution in [0.15, 0.2) is 45.8 Å². The first-order chi connectivity index (χ1) is 16.2. The predicted molar refractivity (Wildman–Crippen MR) is 144 cm³/mol. The van der Waals surface area contributed by atoms with Crippen molar-refractivity contribution in [3.8, 4) is 63.4 Å². The number of methoxy groups -OCH3 is 4. The summed E-state index contributed by atoms with van der Waals surface area (Å²) < 4.78 is 23.0. The van der Waals surface area contributed by atoms with Gasteiger partial charge in [-0.2, -0.15) is 0 Å². The van der Waals surface area contributed by atoms with Gasteiger partial charge in [-0.3, -0.25) is 0 Å². The summed E-state index contributed by atoms with van der Waals surface area (Å²) in [5, 5.41) is 8.28. The highest BCUT2D eigenvalue weighted by atomic mass is 32.1. The molecule has 0 unspecified atom stereocenters. The monoisotopic (exact) mass is 532 g/mol. The van der Waals surface area contributed by atoms with Crippen LogP contribution in [0.3, 0.4) is 0 Å². The number of hydrogen-bond acceptors (Lipinski definition) is 9. The lowest BCUT2D eigenvalue weighted by atomic mass is 10.0. The van der Waals surface area contributed by atoms with Crippen LogP contribution in [0.5, 0.6) is 23.0 Å². The van der Waals surface area contributed by atoms with Gasteiger partial charge in [-0.15, -0.1) is 56.7 Å². The van der Waals surface area contributed by atoms with E-state index in [2.05, 4.69) is 21.5 Å². The Bertz CT molecular complexity index is 1280. The van der Waals surface area contributed by atoms with Gasteiger partial charge in [-0.25, -0.2) is 0 Å². The van der Waals surface area contributed by atoms with Crippen molar-refractivity contribution in [1.29, 1.82) is 0 Å². The normalized spacial score (nSPS) is 11.0. The molecule has 0 bridgehead atoms. The third-order valence-electron chi connectivity index (χ3n) is 5.17. The molecule has 0 aliphatic heterocycles. The van der Waals surface area contributed by atoms with Gasteiger partial charge in [0.05, 0.1) is 57.7 Å². The Morgan fingerprint density at radius 1 is 0.424 bits per heavy atom. The molecule has 0 aromatic carbocycles. The summed E-state index contributed by atoms with van der Waals surface area (Å²) in [6, 6.07) is 8.08. The van der Waals surface area contributed by atoms with Gasteiger partial charge in [-0.05, 0) is 45.8 Å². The quantitative estimate of drug-likeness (QED) is 0.200. The summed E-state index contributed by atoms with van der Waals surface area (Å²) in [7, 11) is 6.88. The van der Waals surface area contributed by atoms with Gasteiger partial charge in [0.15, 0.2) is 0 Å². The molecule has 9 heteroatoms. The van der Waals surface area contributed by atoms with E-state index in [1.165, 1.54) is 0 Å². The Hall–Kier alpha value is -2.30. The second-order valence-electron chi connectivity index (χ2n) is 6.78. The lowest BCUT2D eigenvalue weighted by molar-refractivity contribution is 0.417. The zero-order valence-electron chi connectivity index (χ0n) is 18.3. The van der Waals surface area contributed by atoms with Gasteiger partial charge in [0.25, 0.3) is 0 Å². The van der Waals surface area contributed by atoms with Crippen molar-refractivity contribution in [3.05, 3.63) is 45.8 Å². The Labute approximate surface area is 212 Å². The molecule has 0 aliphatic rings. The van der Waals surface area contributed by atoms with Crippen LogP contribution in [-0.4, -0.2) is 28.4 Å². The molecule has 0 saturated heterocycles. The Kier molecular flexibility index (Phi) is 6.49. The Morgan fingerprint density at radius 3 is 1.06 bits per heavy atom. The van der Waals surface area contributed by atoms with Gasteiger partial charge in [0.1, 0.15) is 23.0 Å². The maximum atomic E-state index is 5.78. The molecule has 4 nitrogen and oxygen atoms in total. The lowest BCUT2D eigenvalue weighted by Gasteiger charge is -2.11. The third kappa shape index (κ3) is 3.77. The molecule has 0 fully saturated rings. The van der Waals surface area contributed by atoms with Gasteiger partial charge in [-0.1, -0.05) is 0 Å². The van der Waals surface area contributed by atoms with E-state index in [1.807, 2.05) is 24.3 Å². The molecule has 5 rings (SSSR count). The predicted octanol–water partition coefficient (Wildman–Crippen LogP) is 8.70. The van der Waals surface area contributed by atoms with Crippen LogP contribution in [0.25, 0.3) is 40.4 Å². The molecule has 5 heterocycles. The Balaban J connectivity index is 1.93. The largest absolute Gasteiger partial charge is 0.495 e. The highest BCUT2D eigenvalue weighted by Gasteiger charge is 2.31. The molecule has 5 aromatic rings. The summed E-state index contributed by atoms with van der Waals surface area (Å²) in [5.41, 5.74) is 2.28. The first kappa shape index (κ1) is 22.5. The summed E-state index contributed by atoms with van der Waals surface area (Å²) in [4.78, 5) is 6.69. The molecule has 0 N–H and O–H groups in total. The van der Waals surface area contributed by atoms with Crippen LogP contribution in [0, 0.1) is 0 Å². The van der Waals surface area contributed by atoms with Crippen molar-refractivity contribution in [3.63, 3.8) is 0 Å². The SMILES string of the molecule is COc1ccsc1-c1sc(-c2sccc2OC)c(-c2sccc2OC)c1-c1sccc1OC. The van der Waals surface area contributed by atoms with Crippen LogP contribution < -0.4 is 18.9 Å². The highest BCUT2D eigenvalue weighted by molar-refractivity contribution is 7.28. The minimum atomic E-state index is 0.857. The fourth-order valence-electron chi connectivity index (χ4n) is 3.71. The van der Waals surface area contributed by atoms with E-state index in [1.54, 1.807) is 85.1 Å². The van der Waals surface area contributed by atoms with Gasteiger partial charge < -0.3 is 18.9 Å². The van der Waals surface area contributed by atoms with Crippen molar-refractivity contribution in [2.24, 2.45) is 0 Å². The molecule has 33 heavy (non-hydrogen) atoms. The number of thiophene rings is 5. The summed E-state index contributed by atoms with van der Waals surface area (Å²) in [5.74, 6) is 3.45. The number of hydrogen-bond donors (Lipinski definition) is 0. The van der Waals surface area contributed by atoms with Crippen molar-refractivity contribution in [2.45, 2.75) is 0 Å². The van der Waals surface area contributed by atoms with Crippen molar-refractivity contribution in [2.75, 3.05) is 28.4 Å². The van der Waals surface area contributed by atoms with E-state index in [-0.39, 0.29) is 0 Å². The summed E-state index contributed by atoms with van der Waals surface area (Å²) in [6.07, 6.45) is 0. The maximum Gasteiger partial charge on any atom is 0.138 e. The molecular formula is C24H20O4S5. The summed E-state index contributed by atoms with van der Waals surface area (Å²) >= 11 is 8.48. The van der Waals surface area contributed by atoms with Crippen LogP contribution in [-0.2, 0) is 0 Å². The molecule has 5 aromatic heterocycles. The molecular weight excluding hydrogens is 513 g/mol. The zero-order valence-corrected chi connectivity index (χ0v) is 22.4. The minimum Gasteiger partial charge on any atom is -0.495 e. The van der Waals surface area contributed by atoms with E-state index in [4.69, 9.17) is 18.9 Å². The van der Waals surface area contributed by atoms with Gasteiger partial charge >= 0.3 is 0 Å². The lowest BCUT2D eigenvalue weighted by Crippen LogP contribution is -1.88. The molecule has 0 saturated carbocycles. The molecule has 0 amide bonds. The van der Waals surface area contributed by atoms with Crippen LogP contribution in [0.4, 0.5) is 0 Å². The fraction of sp³-hybridized carbons (Fsp3) is 0.167. The van der Waals surface area contributed by atoms with Crippen LogP contribution in [0.1, 0.15) is 0 Å². The van der Waals surface area contributed by atoms with Gasteiger partial charge in [0, 0.05) is 11.1 Å². The smallest absolute Gasteiger partial charge is 0.138 e. The van der Waals surface area contributed by atoms with E-state index in [9.17, 15) is 0 Å². The topological polar surface area (TPSA) is 36.9 Å². The first-order valence-electron chi connectivity index (χ1n) is 9.86. The van der Waals surface area contributed by atoms with Crippen molar-refractivity contribution < 1.29 is 18.9 Å². The molecule has 0 atom stereocenters. The highest BCUT2D eigenvalue weighted by Crippen LogP contribution is 2.60. The maximum absolute atomic E-state index is 5.78. The third-order valence-corrected chi connectivity index (χ3v) is 10.3. The second-order valence-corrected chi connectivity index (χ2v) is 11.5. The molecule has 0 radical (unpaired) electrons. The Morgan fingerprint density at radius 2 is 0.727 bits per heavy atom. The molecule has 170 valence electrons. The fourth-order valence-corrected chi connectivity index (χ4v) is 9.03. The van der Waals surface area contributed by atoms with E-state index >= 15 is 0 Å². The number of ether oxygens (including phenoxy) is 4. The van der Waals surface area contributed by atoms with Gasteiger partial charge in [0.2, 0.25) is 0 Å². The van der Waals surface area contributed by atoms with Crippen LogP contribution >= 0.6 is 56.7 Å². The van der Waals surface area contributed by atoms with Crippen molar-refractivity contribution in [1.82, 2.24) is 0 Å². The minimum absolute atomic E-state index is 0.857. The number of rotatable bonds is 8. The molecule has 0 aliphatic carbocycles. The van der Waals surface area contributed by atoms with E-state index < -0.39 is 0 Å². The van der Waals surface area contributed by atoms with Crippen LogP contribution in [0.2, 0.25) is 0 Å². The van der Waals surface area contributed by atoms with E-state index in [0.717, 1.165) is 63.4 Å². The molecule has 0 spiro atoms. The average molecular weight is 533 g/mol. The van der Waals surface area contributed by atoms with E-state index in [0.29, 0.717) is 0 Å². The summed E-state index contributed by atoms with van der Waals surface area (Å²) in [6.45, 7) is 0.